The van der Waals surface area contributed by atoms with Crippen molar-refractivity contribution in [3.05, 3.63) is 0 Å². The summed E-state index contributed by atoms with van der Waals surface area (Å²) in [6.07, 6.45) is 0.143. The van der Waals surface area contributed by atoms with Crippen molar-refractivity contribution in [2.45, 2.75) is 31.9 Å². The van der Waals surface area contributed by atoms with Crippen molar-refractivity contribution in [2.24, 2.45) is 5.73 Å². The second-order valence-electron chi connectivity index (χ2n) is 4.16. The fourth-order valence-corrected chi connectivity index (χ4v) is 1.91. The minimum absolute atomic E-state index is 0.0735. The third-order valence-corrected chi connectivity index (χ3v) is 2.96. The number of methoxy groups -OCH3 is 1. The van der Waals surface area contributed by atoms with Gasteiger partial charge in [-0.25, -0.2) is 0 Å². The van der Waals surface area contributed by atoms with Gasteiger partial charge in [-0.2, -0.15) is 0 Å². The fraction of sp³-hybridized carbons (Fsp3) is 0.727. The summed E-state index contributed by atoms with van der Waals surface area (Å²) in [5.41, 5.74) is 5.44. The Morgan fingerprint density at radius 2 is 2.28 bits per heavy atom. The SMILES string of the molecule is CCC1C(=O)NC(=O)CN1C(=O)CC(CN)OC. The summed E-state index contributed by atoms with van der Waals surface area (Å²) >= 11 is 0. The van der Waals surface area contributed by atoms with Crippen molar-refractivity contribution in [1.29, 1.82) is 0 Å². The van der Waals surface area contributed by atoms with Crippen LogP contribution in [-0.4, -0.2) is 55.0 Å². The molecule has 7 heteroatoms. The van der Waals surface area contributed by atoms with E-state index >= 15 is 0 Å². The summed E-state index contributed by atoms with van der Waals surface area (Å²) < 4.78 is 5.03. The van der Waals surface area contributed by atoms with Crippen molar-refractivity contribution < 1.29 is 19.1 Å². The molecule has 1 saturated heterocycles. The van der Waals surface area contributed by atoms with Crippen LogP contribution in [0.25, 0.3) is 0 Å². The maximum atomic E-state index is 12.0. The first kappa shape index (κ1) is 14.6. The standard InChI is InChI=1S/C11H19N3O4/c1-3-8-11(17)13-9(15)6-14(8)10(16)4-7(5-12)18-2/h7-8H,3-6,12H2,1-2H3,(H,13,15,17). The first-order chi connectivity index (χ1) is 8.53. The molecule has 0 aromatic carbocycles. The Bertz CT molecular complexity index is 341. The van der Waals surface area contributed by atoms with Gasteiger partial charge >= 0.3 is 0 Å². The number of nitrogens with two attached hydrogens (primary N) is 1. The zero-order valence-corrected chi connectivity index (χ0v) is 10.6. The second-order valence-corrected chi connectivity index (χ2v) is 4.16. The highest BCUT2D eigenvalue weighted by atomic mass is 16.5. The van der Waals surface area contributed by atoms with Crippen LogP contribution in [0.3, 0.4) is 0 Å². The molecule has 0 aliphatic carbocycles. The zero-order chi connectivity index (χ0) is 13.7. The van der Waals surface area contributed by atoms with E-state index in [9.17, 15) is 14.4 Å². The van der Waals surface area contributed by atoms with Crippen molar-refractivity contribution in [3.63, 3.8) is 0 Å². The molecular formula is C11H19N3O4. The zero-order valence-electron chi connectivity index (χ0n) is 10.6. The van der Waals surface area contributed by atoms with Crippen LogP contribution in [0.4, 0.5) is 0 Å². The second kappa shape index (κ2) is 6.46. The Balaban J connectivity index is 2.74. The summed E-state index contributed by atoms with van der Waals surface area (Å²) in [5, 5.41) is 2.22. The average Bonchev–Trinajstić information content (AvgIpc) is 2.34. The number of imide groups is 1. The van der Waals surface area contributed by atoms with Crippen LogP contribution >= 0.6 is 0 Å². The Hall–Kier alpha value is -1.47. The maximum absolute atomic E-state index is 12.0. The highest BCUT2D eigenvalue weighted by molar-refractivity contribution is 6.04. The number of piperazine rings is 1. The van der Waals surface area contributed by atoms with E-state index in [0.29, 0.717) is 6.42 Å². The molecule has 102 valence electrons. The van der Waals surface area contributed by atoms with Crippen LogP contribution in [0.15, 0.2) is 0 Å². The third kappa shape index (κ3) is 3.27. The molecule has 18 heavy (non-hydrogen) atoms. The van der Waals surface area contributed by atoms with Gasteiger partial charge in [-0.1, -0.05) is 6.92 Å². The molecule has 1 aliphatic heterocycles. The minimum Gasteiger partial charge on any atom is -0.380 e. The highest BCUT2D eigenvalue weighted by Gasteiger charge is 2.35. The number of carbonyl (C=O) groups excluding carboxylic acids is 3. The third-order valence-electron chi connectivity index (χ3n) is 2.96. The average molecular weight is 257 g/mol. The summed E-state index contributed by atoms with van der Waals surface area (Å²) in [6, 6.07) is -0.592. The quantitative estimate of drug-likeness (QED) is 0.591. The molecule has 7 nitrogen and oxygen atoms in total. The molecule has 0 radical (unpaired) electrons. The first-order valence-corrected chi connectivity index (χ1v) is 5.89. The summed E-state index contributed by atoms with van der Waals surface area (Å²) in [6.45, 7) is 1.91. The maximum Gasteiger partial charge on any atom is 0.249 e. The molecule has 0 saturated carbocycles. The lowest BCUT2D eigenvalue weighted by molar-refractivity contribution is -0.151. The Morgan fingerprint density at radius 1 is 1.61 bits per heavy atom. The van der Waals surface area contributed by atoms with Gasteiger partial charge in [-0.15, -0.1) is 0 Å². The lowest BCUT2D eigenvalue weighted by atomic mass is 10.1. The van der Waals surface area contributed by atoms with Crippen LogP contribution in [0, 0.1) is 0 Å². The fourth-order valence-electron chi connectivity index (χ4n) is 1.91. The lowest BCUT2D eigenvalue weighted by Gasteiger charge is -2.34. The topological polar surface area (TPSA) is 102 Å². The van der Waals surface area contributed by atoms with E-state index in [2.05, 4.69) is 5.32 Å². The largest absolute Gasteiger partial charge is 0.380 e. The van der Waals surface area contributed by atoms with Crippen molar-refractivity contribution in [1.82, 2.24) is 10.2 Å². The Morgan fingerprint density at radius 3 is 2.78 bits per heavy atom. The molecule has 0 aromatic rings. The number of ether oxygens (including phenoxy) is 1. The van der Waals surface area contributed by atoms with Crippen molar-refractivity contribution in [2.75, 3.05) is 20.2 Å². The van der Waals surface area contributed by atoms with Crippen LogP contribution in [0.1, 0.15) is 19.8 Å². The van der Waals surface area contributed by atoms with Gasteiger partial charge in [0.2, 0.25) is 17.7 Å². The van der Waals surface area contributed by atoms with E-state index in [-0.39, 0.29) is 25.4 Å². The van der Waals surface area contributed by atoms with Crippen LogP contribution in [-0.2, 0) is 19.1 Å². The van der Waals surface area contributed by atoms with Gasteiger partial charge in [0.15, 0.2) is 0 Å². The monoisotopic (exact) mass is 257 g/mol. The minimum atomic E-state index is -0.592. The number of nitrogens with one attached hydrogen (secondary N) is 1. The Labute approximate surface area is 106 Å². The molecule has 0 aromatic heterocycles. The molecule has 1 heterocycles. The number of amides is 3. The van der Waals surface area contributed by atoms with Gasteiger partial charge in [0.1, 0.15) is 12.6 Å². The molecule has 3 N–H and O–H groups in total. The number of rotatable bonds is 5. The van der Waals surface area contributed by atoms with E-state index in [0.717, 1.165) is 0 Å². The molecule has 0 bridgehead atoms. The highest BCUT2D eigenvalue weighted by Crippen LogP contribution is 2.12. The summed E-state index contributed by atoms with van der Waals surface area (Å²) in [5.74, 6) is -1.18. The van der Waals surface area contributed by atoms with Crippen LogP contribution in [0.2, 0.25) is 0 Å². The number of hydrogen-bond acceptors (Lipinski definition) is 5. The molecule has 1 aliphatic rings. The van der Waals surface area contributed by atoms with E-state index in [4.69, 9.17) is 10.5 Å². The molecule has 1 fully saturated rings. The van der Waals surface area contributed by atoms with Crippen LogP contribution in [0.5, 0.6) is 0 Å². The molecule has 1 rings (SSSR count). The summed E-state index contributed by atoms with van der Waals surface area (Å²) in [4.78, 5) is 36.2. The van der Waals surface area contributed by atoms with Crippen molar-refractivity contribution in [3.8, 4) is 0 Å². The van der Waals surface area contributed by atoms with Crippen LogP contribution < -0.4 is 11.1 Å². The molecule has 0 spiro atoms. The summed E-state index contributed by atoms with van der Waals surface area (Å²) in [7, 11) is 1.47. The van der Waals surface area contributed by atoms with Gasteiger partial charge in [0, 0.05) is 13.7 Å². The first-order valence-electron chi connectivity index (χ1n) is 5.89. The van der Waals surface area contributed by atoms with E-state index < -0.39 is 24.0 Å². The van der Waals surface area contributed by atoms with Gasteiger partial charge in [0.25, 0.3) is 0 Å². The number of hydrogen-bond donors (Lipinski definition) is 2. The normalized spacial score (nSPS) is 21.7. The van der Waals surface area contributed by atoms with E-state index in [1.54, 1.807) is 6.92 Å². The predicted molar refractivity (Wildman–Crippen MR) is 63.4 cm³/mol. The smallest absolute Gasteiger partial charge is 0.249 e. The number of nitrogens with zero attached hydrogens (tertiary/aromatic N) is 1. The van der Waals surface area contributed by atoms with Crippen molar-refractivity contribution >= 4 is 17.7 Å². The number of carbonyl (C=O) groups is 3. The Kier molecular flexibility index (Phi) is 5.24. The molecule has 2 atom stereocenters. The van der Waals surface area contributed by atoms with Gasteiger partial charge in [-0.3, -0.25) is 19.7 Å². The van der Waals surface area contributed by atoms with E-state index in [1.165, 1.54) is 12.0 Å². The lowest BCUT2D eigenvalue weighted by Crippen LogP contribution is -2.60. The molecular weight excluding hydrogens is 238 g/mol. The van der Waals surface area contributed by atoms with Gasteiger partial charge in [-0.05, 0) is 6.42 Å². The molecule has 2 unspecified atom stereocenters. The van der Waals surface area contributed by atoms with E-state index in [1.807, 2.05) is 0 Å². The van der Waals surface area contributed by atoms with Gasteiger partial charge in [0.05, 0.1) is 12.5 Å². The molecule has 3 amide bonds. The van der Waals surface area contributed by atoms with Gasteiger partial charge < -0.3 is 15.4 Å². The predicted octanol–water partition coefficient (Wildman–Crippen LogP) is -1.39.